The quantitative estimate of drug-likeness (QED) is 0.833. The van der Waals surface area contributed by atoms with Gasteiger partial charge in [-0.25, -0.2) is 0 Å². The van der Waals surface area contributed by atoms with Gasteiger partial charge in [0.2, 0.25) is 0 Å². The average molecular weight is 289 g/mol. The molecule has 0 radical (unpaired) electrons. The normalized spacial score (nSPS) is 16.4. The first kappa shape index (κ1) is 13.2. The van der Waals surface area contributed by atoms with E-state index >= 15 is 0 Å². The molecule has 2 nitrogen and oxygen atoms in total. The summed E-state index contributed by atoms with van der Waals surface area (Å²) < 4.78 is 5.96. The molecule has 0 saturated carbocycles. The summed E-state index contributed by atoms with van der Waals surface area (Å²) in [6, 6.07) is 16.5. The van der Waals surface area contributed by atoms with Crippen molar-refractivity contribution in [2.24, 2.45) is 0 Å². The van der Waals surface area contributed by atoms with Gasteiger partial charge in [0.1, 0.15) is 11.5 Å². The van der Waals surface area contributed by atoms with Crippen LogP contribution >= 0.6 is 0 Å². The van der Waals surface area contributed by atoms with Crippen LogP contribution in [-0.2, 0) is 12.8 Å². The zero-order valence-electron chi connectivity index (χ0n) is 12.5. The van der Waals surface area contributed by atoms with Gasteiger partial charge in [-0.15, -0.1) is 0 Å². The van der Waals surface area contributed by atoms with Gasteiger partial charge in [0.05, 0.1) is 0 Å². The first-order valence-corrected chi connectivity index (χ1v) is 7.86. The highest BCUT2D eigenvalue weighted by Crippen LogP contribution is 2.27. The number of ether oxygens (including phenoxy) is 1. The molecule has 0 N–H and O–H groups in total. The van der Waals surface area contributed by atoms with Crippen molar-refractivity contribution < 1.29 is 4.74 Å². The van der Waals surface area contributed by atoms with Crippen LogP contribution in [0.1, 0.15) is 11.1 Å². The number of hydrogen-bond acceptors (Lipinski definition) is 2. The number of fused-ring (bicyclic) bond motifs is 1. The molecule has 0 saturated heterocycles. The van der Waals surface area contributed by atoms with E-state index in [1.165, 1.54) is 16.8 Å². The standard InChI is InChI=1S/C20H19NO/c1-2-7-19(8-3-1)22-20-10-9-16-11-13-21(18-5-4-6-18)14-12-17(16)15-20/h1-10,15H,11-14H2. The zero-order valence-corrected chi connectivity index (χ0v) is 12.5. The van der Waals surface area contributed by atoms with Crippen molar-refractivity contribution in [3.8, 4) is 11.5 Å². The van der Waals surface area contributed by atoms with Gasteiger partial charge < -0.3 is 9.64 Å². The van der Waals surface area contributed by atoms with Crippen molar-refractivity contribution in [2.45, 2.75) is 12.8 Å². The number of allylic oxidation sites excluding steroid dienone is 3. The Morgan fingerprint density at radius 3 is 2.32 bits per heavy atom. The summed E-state index contributed by atoms with van der Waals surface area (Å²) in [7, 11) is 0. The van der Waals surface area contributed by atoms with E-state index in [0.29, 0.717) is 0 Å². The van der Waals surface area contributed by atoms with Gasteiger partial charge in [0.25, 0.3) is 0 Å². The Kier molecular flexibility index (Phi) is 3.43. The van der Waals surface area contributed by atoms with Crippen LogP contribution in [0.5, 0.6) is 11.5 Å². The highest BCUT2D eigenvalue weighted by Gasteiger charge is 2.16. The Morgan fingerprint density at radius 2 is 1.59 bits per heavy atom. The Morgan fingerprint density at radius 1 is 0.818 bits per heavy atom. The van der Waals surface area contributed by atoms with Crippen LogP contribution in [0, 0.1) is 0 Å². The van der Waals surface area contributed by atoms with Crippen molar-refractivity contribution in [3.05, 3.63) is 83.6 Å². The maximum absolute atomic E-state index is 5.96. The Balaban J connectivity index is 1.51. The smallest absolute Gasteiger partial charge is 0.127 e. The van der Waals surface area contributed by atoms with Crippen LogP contribution in [0.15, 0.2) is 72.5 Å². The van der Waals surface area contributed by atoms with E-state index in [1.54, 1.807) is 0 Å². The summed E-state index contributed by atoms with van der Waals surface area (Å²) in [5, 5.41) is 0. The maximum Gasteiger partial charge on any atom is 0.127 e. The minimum Gasteiger partial charge on any atom is -0.457 e. The van der Waals surface area contributed by atoms with Crippen molar-refractivity contribution in [1.29, 1.82) is 0 Å². The van der Waals surface area contributed by atoms with E-state index in [0.717, 1.165) is 37.4 Å². The summed E-state index contributed by atoms with van der Waals surface area (Å²) in [5.41, 5.74) is 4.24. The van der Waals surface area contributed by atoms with Crippen molar-refractivity contribution in [1.82, 2.24) is 4.90 Å². The molecule has 2 heteroatoms. The average Bonchev–Trinajstić information content (AvgIpc) is 2.70. The molecule has 0 bridgehead atoms. The van der Waals surface area contributed by atoms with E-state index < -0.39 is 0 Å². The van der Waals surface area contributed by atoms with Crippen LogP contribution in [0.3, 0.4) is 0 Å². The summed E-state index contributed by atoms with van der Waals surface area (Å²) in [6.07, 6.45) is 8.68. The Labute approximate surface area is 131 Å². The molecule has 4 rings (SSSR count). The number of rotatable bonds is 3. The molecular weight excluding hydrogens is 270 g/mol. The van der Waals surface area contributed by atoms with Crippen LogP contribution in [0.4, 0.5) is 0 Å². The number of nitrogens with zero attached hydrogens (tertiary/aromatic N) is 1. The van der Waals surface area contributed by atoms with Crippen LogP contribution < -0.4 is 4.74 Å². The zero-order chi connectivity index (χ0) is 14.8. The van der Waals surface area contributed by atoms with Gasteiger partial charge in [-0.3, -0.25) is 0 Å². The van der Waals surface area contributed by atoms with Crippen LogP contribution in [0.2, 0.25) is 0 Å². The number of benzene rings is 2. The van der Waals surface area contributed by atoms with E-state index in [-0.39, 0.29) is 0 Å². The lowest BCUT2D eigenvalue weighted by Crippen LogP contribution is -2.26. The fourth-order valence-corrected chi connectivity index (χ4v) is 3.04. The molecule has 0 atom stereocenters. The second kappa shape index (κ2) is 5.72. The predicted octanol–water partition coefficient (Wildman–Crippen LogP) is 4.33. The lowest BCUT2D eigenvalue weighted by molar-refractivity contribution is 0.370. The van der Waals surface area contributed by atoms with Gasteiger partial charge in [0, 0.05) is 18.8 Å². The molecule has 1 aliphatic heterocycles. The monoisotopic (exact) mass is 289 g/mol. The topological polar surface area (TPSA) is 12.5 Å². The minimum absolute atomic E-state index is 0.891. The van der Waals surface area contributed by atoms with E-state index in [9.17, 15) is 0 Å². The highest BCUT2D eigenvalue weighted by atomic mass is 16.5. The molecular formula is C20H19NO. The van der Waals surface area contributed by atoms with Crippen LogP contribution in [-0.4, -0.2) is 18.0 Å². The third-order valence-electron chi connectivity index (χ3n) is 4.36. The SMILES string of the molecule is C1=CC(N2CCc3ccc(Oc4ccccc4)cc3CC2)=C1. The lowest BCUT2D eigenvalue weighted by Gasteiger charge is -2.26. The molecule has 22 heavy (non-hydrogen) atoms. The first-order valence-electron chi connectivity index (χ1n) is 7.86. The predicted molar refractivity (Wildman–Crippen MR) is 89.2 cm³/mol. The molecule has 0 amide bonds. The van der Waals surface area contributed by atoms with Crippen LogP contribution in [0.25, 0.3) is 0 Å². The highest BCUT2D eigenvalue weighted by molar-refractivity contribution is 5.40. The van der Waals surface area contributed by atoms with Crippen molar-refractivity contribution in [3.63, 3.8) is 0 Å². The summed E-state index contributed by atoms with van der Waals surface area (Å²) in [4.78, 5) is 2.47. The van der Waals surface area contributed by atoms with Crippen molar-refractivity contribution >= 4 is 0 Å². The van der Waals surface area contributed by atoms with E-state index in [2.05, 4.69) is 41.3 Å². The molecule has 2 aromatic rings. The molecule has 0 spiro atoms. The summed E-state index contributed by atoms with van der Waals surface area (Å²) in [6.45, 7) is 2.18. The first-order chi connectivity index (χ1) is 10.9. The number of para-hydroxylation sites is 1. The molecule has 2 aromatic carbocycles. The van der Waals surface area contributed by atoms with Gasteiger partial charge in [-0.1, -0.05) is 30.3 Å². The third-order valence-corrected chi connectivity index (χ3v) is 4.36. The molecule has 2 aliphatic rings. The fourth-order valence-electron chi connectivity index (χ4n) is 3.04. The molecule has 1 heterocycles. The molecule has 0 fully saturated rings. The fraction of sp³-hybridized carbons (Fsp3) is 0.200. The molecule has 0 unspecified atom stereocenters. The Bertz CT molecular complexity index is 731. The van der Waals surface area contributed by atoms with E-state index in [1.807, 2.05) is 30.3 Å². The van der Waals surface area contributed by atoms with Gasteiger partial charge in [-0.2, -0.15) is 0 Å². The minimum atomic E-state index is 0.891. The maximum atomic E-state index is 5.96. The molecule has 110 valence electrons. The Hall–Kier alpha value is -2.48. The van der Waals surface area contributed by atoms with E-state index in [4.69, 9.17) is 4.74 Å². The van der Waals surface area contributed by atoms with Gasteiger partial charge in [-0.05, 0) is 60.4 Å². The second-order valence-electron chi connectivity index (χ2n) is 5.78. The molecule has 1 aliphatic carbocycles. The van der Waals surface area contributed by atoms with Gasteiger partial charge in [0.15, 0.2) is 0 Å². The van der Waals surface area contributed by atoms with Crippen molar-refractivity contribution in [2.75, 3.05) is 13.1 Å². The summed E-state index contributed by atoms with van der Waals surface area (Å²) >= 11 is 0. The lowest BCUT2D eigenvalue weighted by atomic mass is 10.0. The number of hydrogen-bond donors (Lipinski definition) is 0. The van der Waals surface area contributed by atoms with Gasteiger partial charge >= 0.3 is 0 Å². The largest absolute Gasteiger partial charge is 0.457 e. The second-order valence-corrected chi connectivity index (χ2v) is 5.78. The summed E-state index contributed by atoms with van der Waals surface area (Å²) in [5.74, 6) is 1.82. The third kappa shape index (κ3) is 2.64. The molecule has 0 aromatic heterocycles.